The first kappa shape index (κ1) is 14.8. The van der Waals surface area contributed by atoms with Gasteiger partial charge in [0.25, 0.3) is 5.91 Å². The number of benzene rings is 1. The summed E-state index contributed by atoms with van der Waals surface area (Å²) >= 11 is 0. The minimum Gasteiger partial charge on any atom is -0.417 e. The Labute approximate surface area is 117 Å². The number of alkyl halides is 3. The van der Waals surface area contributed by atoms with E-state index in [0.717, 1.165) is 11.6 Å². The molecule has 1 aromatic carbocycles. The van der Waals surface area contributed by atoms with Gasteiger partial charge in [0.05, 0.1) is 0 Å². The van der Waals surface area contributed by atoms with Crippen molar-refractivity contribution >= 4 is 11.6 Å². The van der Waals surface area contributed by atoms with Crippen LogP contribution in [0.2, 0.25) is 0 Å². The second-order valence-corrected chi connectivity index (χ2v) is 4.32. The molecular weight excluding hydrogens is 287 g/mol. The van der Waals surface area contributed by atoms with Gasteiger partial charge in [0.15, 0.2) is 0 Å². The summed E-state index contributed by atoms with van der Waals surface area (Å²) in [6.45, 7) is 1.84. The minimum absolute atomic E-state index is 0.278. The van der Waals surface area contributed by atoms with Crippen LogP contribution in [0.25, 0.3) is 0 Å². The second-order valence-electron chi connectivity index (χ2n) is 4.32. The standard InChI is InChI=1S/C14H10F3NO3/c1-8-2-4-9(5-3-8)12(19)18-10-6-7-11(14(15,16)17)21-13(10)20/h2-7H,1H3,(H,18,19). The summed E-state index contributed by atoms with van der Waals surface area (Å²) in [7, 11) is 0. The third kappa shape index (κ3) is 3.50. The smallest absolute Gasteiger partial charge is 0.417 e. The number of aryl methyl sites for hydroxylation is 1. The summed E-state index contributed by atoms with van der Waals surface area (Å²) in [6.07, 6.45) is -4.75. The lowest BCUT2D eigenvalue weighted by atomic mass is 10.1. The maximum Gasteiger partial charge on any atom is 0.449 e. The fraction of sp³-hybridized carbons (Fsp3) is 0.143. The molecule has 0 unspecified atom stereocenters. The monoisotopic (exact) mass is 297 g/mol. The Morgan fingerprint density at radius 3 is 2.24 bits per heavy atom. The van der Waals surface area contributed by atoms with Crippen LogP contribution in [0, 0.1) is 6.92 Å². The van der Waals surface area contributed by atoms with Gasteiger partial charge in [-0.2, -0.15) is 13.2 Å². The lowest BCUT2D eigenvalue weighted by molar-refractivity contribution is -0.154. The molecular formula is C14H10F3NO3. The van der Waals surface area contributed by atoms with Crippen molar-refractivity contribution in [3.63, 3.8) is 0 Å². The van der Waals surface area contributed by atoms with Crippen molar-refractivity contribution in [2.45, 2.75) is 13.1 Å². The van der Waals surface area contributed by atoms with Crippen LogP contribution in [0.4, 0.5) is 18.9 Å². The lowest BCUT2D eigenvalue weighted by Gasteiger charge is -2.07. The van der Waals surface area contributed by atoms with E-state index in [1.54, 1.807) is 12.1 Å². The zero-order valence-electron chi connectivity index (χ0n) is 10.8. The maximum atomic E-state index is 12.3. The molecule has 0 saturated carbocycles. The molecule has 0 saturated heterocycles. The molecule has 4 nitrogen and oxygen atoms in total. The Balaban J connectivity index is 2.22. The normalized spacial score (nSPS) is 11.2. The minimum atomic E-state index is -4.75. The molecule has 0 atom stereocenters. The third-order valence-electron chi connectivity index (χ3n) is 2.67. The van der Waals surface area contributed by atoms with Crippen LogP contribution in [-0.4, -0.2) is 5.91 Å². The van der Waals surface area contributed by atoms with Gasteiger partial charge >= 0.3 is 11.8 Å². The summed E-state index contributed by atoms with van der Waals surface area (Å²) in [5, 5.41) is 2.21. The Kier molecular flexibility index (Phi) is 3.84. The van der Waals surface area contributed by atoms with Crippen LogP contribution in [0.5, 0.6) is 0 Å². The number of amides is 1. The SMILES string of the molecule is Cc1ccc(C(=O)Nc2ccc(C(F)(F)F)oc2=O)cc1. The van der Waals surface area contributed by atoms with Gasteiger partial charge in [-0.15, -0.1) is 0 Å². The fourth-order valence-corrected chi connectivity index (χ4v) is 1.56. The van der Waals surface area contributed by atoms with Gasteiger partial charge in [-0.1, -0.05) is 17.7 Å². The highest BCUT2D eigenvalue weighted by Crippen LogP contribution is 2.28. The molecule has 0 bridgehead atoms. The summed E-state index contributed by atoms with van der Waals surface area (Å²) < 4.78 is 41.2. The van der Waals surface area contributed by atoms with E-state index in [0.29, 0.717) is 6.07 Å². The van der Waals surface area contributed by atoms with Gasteiger partial charge in [-0.25, -0.2) is 4.79 Å². The second kappa shape index (κ2) is 5.43. The predicted octanol–water partition coefficient (Wildman–Crippen LogP) is 3.22. The molecule has 1 aromatic heterocycles. The third-order valence-corrected chi connectivity index (χ3v) is 2.67. The van der Waals surface area contributed by atoms with E-state index in [1.165, 1.54) is 12.1 Å². The molecule has 0 spiro atoms. The average Bonchev–Trinajstić information content (AvgIpc) is 2.40. The van der Waals surface area contributed by atoms with Crippen molar-refractivity contribution < 1.29 is 22.4 Å². The summed E-state index contributed by atoms with van der Waals surface area (Å²) in [5.74, 6) is -2.03. The van der Waals surface area contributed by atoms with Crippen molar-refractivity contribution in [2.75, 3.05) is 5.32 Å². The molecule has 21 heavy (non-hydrogen) atoms. The number of carbonyl (C=O) groups is 1. The van der Waals surface area contributed by atoms with Crippen molar-refractivity contribution in [1.82, 2.24) is 0 Å². The average molecular weight is 297 g/mol. The molecule has 2 aromatic rings. The van der Waals surface area contributed by atoms with Crippen LogP contribution >= 0.6 is 0 Å². The number of anilines is 1. The highest BCUT2D eigenvalue weighted by Gasteiger charge is 2.34. The Morgan fingerprint density at radius 1 is 1.10 bits per heavy atom. The van der Waals surface area contributed by atoms with E-state index in [1.807, 2.05) is 6.92 Å². The van der Waals surface area contributed by atoms with Gasteiger partial charge in [-0.05, 0) is 31.2 Å². The molecule has 1 amide bonds. The first-order chi connectivity index (χ1) is 9.77. The van der Waals surface area contributed by atoms with E-state index in [-0.39, 0.29) is 11.3 Å². The Bertz CT molecular complexity index is 717. The molecule has 0 aliphatic heterocycles. The van der Waals surface area contributed by atoms with Gasteiger partial charge in [0, 0.05) is 5.56 Å². The molecule has 0 aliphatic carbocycles. The number of rotatable bonds is 2. The largest absolute Gasteiger partial charge is 0.449 e. The van der Waals surface area contributed by atoms with E-state index in [4.69, 9.17) is 0 Å². The molecule has 0 fully saturated rings. The molecule has 2 rings (SSSR count). The van der Waals surface area contributed by atoms with Gasteiger partial charge in [0.2, 0.25) is 5.76 Å². The van der Waals surface area contributed by atoms with Crippen molar-refractivity contribution in [3.05, 3.63) is 63.7 Å². The van der Waals surface area contributed by atoms with Gasteiger partial charge in [0.1, 0.15) is 5.69 Å². The summed E-state index contributed by atoms with van der Waals surface area (Å²) in [6, 6.07) is 7.92. The van der Waals surface area contributed by atoms with Crippen molar-refractivity contribution in [1.29, 1.82) is 0 Å². The molecule has 110 valence electrons. The van der Waals surface area contributed by atoms with Crippen LogP contribution < -0.4 is 10.9 Å². The predicted molar refractivity (Wildman–Crippen MR) is 69.1 cm³/mol. The molecule has 0 radical (unpaired) electrons. The lowest BCUT2D eigenvalue weighted by Crippen LogP contribution is -2.19. The highest BCUT2D eigenvalue weighted by atomic mass is 19.4. The van der Waals surface area contributed by atoms with E-state index in [9.17, 15) is 22.8 Å². The Morgan fingerprint density at radius 2 is 1.71 bits per heavy atom. The van der Waals surface area contributed by atoms with Gasteiger partial charge in [-0.3, -0.25) is 4.79 Å². The quantitative estimate of drug-likeness (QED) is 0.926. The zero-order chi connectivity index (χ0) is 15.6. The van der Waals surface area contributed by atoms with E-state index in [2.05, 4.69) is 9.73 Å². The summed E-state index contributed by atoms with van der Waals surface area (Å²) in [5.41, 5.74) is -0.389. The number of halogens is 3. The van der Waals surface area contributed by atoms with Crippen LogP contribution in [-0.2, 0) is 6.18 Å². The van der Waals surface area contributed by atoms with E-state index >= 15 is 0 Å². The Hall–Kier alpha value is -2.57. The van der Waals surface area contributed by atoms with E-state index < -0.39 is 23.5 Å². The number of hydrogen-bond donors (Lipinski definition) is 1. The first-order valence-corrected chi connectivity index (χ1v) is 5.87. The van der Waals surface area contributed by atoms with Crippen LogP contribution in [0.3, 0.4) is 0 Å². The summed E-state index contributed by atoms with van der Waals surface area (Å²) in [4.78, 5) is 23.3. The fourth-order valence-electron chi connectivity index (χ4n) is 1.56. The first-order valence-electron chi connectivity index (χ1n) is 5.87. The molecule has 1 N–H and O–H groups in total. The van der Waals surface area contributed by atoms with Gasteiger partial charge < -0.3 is 9.73 Å². The topological polar surface area (TPSA) is 59.3 Å². The molecule has 7 heteroatoms. The molecule has 1 heterocycles. The number of hydrogen-bond acceptors (Lipinski definition) is 3. The van der Waals surface area contributed by atoms with Crippen molar-refractivity contribution in [3.8, 4) is 0 Å². The maximum absolute atomic E-state index is 12.3. The zero-order valence-corrected chi connectivity index (χ0v) is 10.8. The number of nitrogens with one attached hydrogen (secondary N) is 1. The van der Waals surface area contributed by atoms with Crippen LogP contribution in [0.1, 0.15) is 21.7 Å². The molecule has 0 aliphatic rings. The van der Waals surface area contributed by atoms with Crippen molar-refractivity contribution in [2.24, 2.45) is 0 Å². The number of carbonyl (C=O) groups excluding carboxylic acids is 1. The highest BCUT2D eigenvalue weighted by molar-refractivity contribution is 6.04. The van der Waals surface area contributed by atoms with Crippen LogP contribution in [0.15, 0.2) is 45.6 Å².